The molecule has 0 spiro atoms. The van der Waals surface area contributed by atoms with Gasteiger partial charge in [-0.3, -0.25) is 4.79 Å². The fourth-order valence-corrected chi connectivity index (χ4v) is 11.2. The minimum atomic E-state index is -0.509. The molecular formula is C30H42N4O2. The molecule has 5 fully saturated rings. The summed E-state index contributed by atoms with van der Waals surface area (Å²) in [5.74, 6) is 3.14. The van der Waals surface area contributed by atoms with Crippen molar-refractivity contribution in [2.24, 2.45) is 45.8 Å². The van der Waals surface area contributed by atoms with Crippen LogP contribution in [0.25, 0.3) is 0 Å². The van der Waals surface area contributed by atoms with Crippen LogP contribution in [0.5, 0.6) is 0 Å². The maximum atomic E-state index is 12.5. The lowest BCUT2D eigenvalue weighted by atomic mass is 9.38. The van der Waals surface area contributed by atoms with Crippen molar-refractivity contribution >= 4 is 11.9 Å². The molecular weight excluding hydrogens is 448 g/mol. The highest BCUT2D eigenvalue weighted by Crippen LogP contribution is 2.71. The summed E-state index contributed by atoms with van der Waals surface area (Å²) in [6.07, 6.45) is 14.5. The molecule has 6 nitrogen and oxygen atoms in total. The molecule has 4 aliphatic carbocycles. The third-order valence-electron chi connectivity index (χ3n) is 12.6. The van der Waals surface area contributed by atoms with Crippen LogP contribution in [-0.4, -0.2) is 33.1 Å². The SMILES string of the molecule is CC12CCC3C(C)(CCN(c4ncc(C#N)cn4)C3(C)C)C1CCC1C2CCC2(C(=O)O)CCC[C@H]12. The summed E-state index contributed by atoms with van der Waals surface area (Å²) in [4.78, 5) is 24.0. The van der Waals surface area contributed by atoms with Gasteiger partial charge in [0.05, 0.1) is 23.4 Å². The molecule has 0 amide bonds. The Morgan fingerprint density at radius 3 is 2.39 bits per heavy atom. The van der Waals surface area contributed by atoms with Crippen LogP contribution in [0, 0.1) is 57.2 Å². The molecule has 1 aromatic heterocycles. The Labute approximate surface area is 215 Å². The Morgan fingerprint density at radius 1 is 0.944 bits per heavy atom. The number of carbonyl (C=O) groups is 1. The molecule has 1 aliphatic heterocycles. The van der Waals surface area contributed by atoms with Crippen molar-refractivity contribution in [1.29, 1.82) is 5.26 Å². The van der Waals surface area contributed by atoms with E-state index in [4.69, 9.17) is 5.26 Å². The average molecular weight is 491 g/mol. The first-order chi connectivity index (χ1) is 17.1. The van der Waals surface area contributed by atoms with Crippen molar-refractivity contribution in [2.45, 2.75) is 97.4 Å². The first kappa shape index (κ1) is 24.2. The second-order valence-electron chi connectivity index (χ2n) is 13.9. The normalized spacial score (nSPS) is 45.0. The van der Waals surface area contributed by atoms with Crippen molar-refractivity contribution in [3.63, 3.8) is 0 Å². The molecule has 5 aliphatic rings. The van der Waals surface area contributed by atoms with Crippen LogP contribution in [0.15, 0.2) is 12.4 Å². The lowest BCUT2D eigenvalue weighted by molar-refractivity contribution is -0.190. The van der Waals surface area contributed by atoms with E-state index >= 15 is 0 Å². The summed E-state index contributed by atoms with van der Waals surface area (Å²) in [7, 11) is 0. The molecule has 1 N–H and O–H groups in total. The van der Waals surface area contributed by atoms with Gasteiger partial charge < -0.3 is 10.0 Å². The molecule has 6 rings (SSSR count). The van der Waals surface area contributed by atoms with Gasteiger partial charge in [0.2, 0.25) is 5.95 Å². The predicted octanol–water partition coefficient (Wildman–Crippen LogP) is 6.07. The summed E-state index contributed by atoms with van der Waals surface area (Å²) < 4.78 is 0. The molecule has 194 valence electrons. The van der Waals surface area contributed by atoms with E-state index in [-0.39, 0.29) is 11.0 Å². The number of carboxylic acid groups (broad SMARTS) is 1. The first-order valence-electron chi connectivity index (χ1n) is 14.3. The van der Waals surface area contributed by atoms with Gasteiger partial charge in [-0.2, -0.15) is 5.26 Å². The third-order valence-corrected chi connectivity index (χ3v) is 12.6. The highest BCUT2D eigenvalue weighted by atomic mass is 16.4. The van der Waals surface area contributed by atoms with Gasteiger partial charge in [0.25, 0.3) is 0 Å². The van der Waals surface area contributed by atoms with Gasteiger partial charge in [0.15, 0.2) is 0 Å². The number of hydrogen-bond acceptors (Lipinski definition) is 5. The van der Waals surface area contributed by atoms with E-state index in [1.165, 1.54) is 25.7 Å². The molecule has 0 bridgehead atoms. The smallest absolute Gasteiger partial charge is 0.309 e. The molecule has 36 heavy (non-hydrogen) atoms. The lowest BCUT2D eigenvalue weighted by Gasteiger charge is -2.69. The van der Waals surface area contributed by atoms with Crippen LogP contribution in [0.1, 0.15) is 97.5 Å². The number of fused-ring (bicyclic) bond motifs is 7. The van der Waals surface area contributed by atoms with E-state index in [1.54, 1.807) is 12.4 Å². The van der Waals surface area contributed by atoms with Crippen molar-refractivity contribution in [3.05, 3.63) is 18.0 Å². The summed E-state index contributed by atoms with van der Waals surface area (Å²) in [6.45, 7) is 10.9. The molecule has 1 saturated heterocycles. The van der Waals surface area contributed by atoms with Crippen LogP contribution in [0.2, 0.25) is 0 Å². The predicted molar refractivity (Wildman–Crippen MR) is 138 cm³/mol. The van der Waals surface area contributed by atoms with Crippen LogP contribution < -0.4 is 4.90 Å². The highest BCUT2D eigenvalue weighted by molar-refractivity contribution is 5.75. The number of piperidine rings is 1. The van der Waals surface area contributed by atoms with Crippen LogP contribution in [0.4, 0.5) is 5.95 Å². The van der Waals surface area contributed by atoms with Gasteiger partial charge in [-0.25, -0.2) is 9.97 Å². The number of rotatable bonds is 2. The maximum Gasteiger partial charge on any atom is 0.309 e. The number of aromatic nitrogens is 2. The van der Waals surface area contributed by atoms with Gasteiger partial charge >= 0.3 is 5.97 Å². The van der Waals surface area contributed by atoms with Gasteiger partial charge in [0.1, 0.15) is 6.07 Å². The van der Waals surface area contributed by atoms with Crippen molar-refractivity contribution in [3.8, 4) is 6.07 Å². The minimum absolute atomic E-state index is 0.0597. The molecule has 0 radical (unpaired) electrons. The number of nitriles is 1. The van der Waals surface area contributed by atoms with Gasteiger partial charge in [0, 0.05) is 12.1 Å². The Bertz CT molecular complexity index is 1100. The maximum absolute atomic E-state index is 12.5. The summed E-state index contributed by atoms with van der Waals surface area (Å²) in [5.41, 5.74) is 0.590. The number of anilines is 1. The van der Waals surface area contributed by atoms with E-state index in [1.807, 2.05) is 0 Å². The van der Waals surface area contributed by atoms with Crippen LogP contribution >= 0.6 is 0 Å². The zero-order valence-corrected chi connectivity index (χ0v) is 22.5. The van der Waals surface area contributed by atoms with Crippen LogP contribution in [-0.2, 0) is 4.79 Å². The molecule has 4 saturated carbocycles. The van der Waals surface area contributed by atoms with Crippen molar-refractivity contribution in [2.75, 3.05) is 11.4 Å². The average Bonchev–Trinajstić information content (AvgIpc) is 3.30. The largest absolute Gasteiger partial charge is 0.481 e. The standard InChI is InChI=1S/C30H42N4O2/c1-27(2)23-10-12-28(3)21-9-13-30(25(35)36)11-5-6-22(30)20(21)7-8-24(28)29(23,4)14-15-34(27)26-32-17-19(16-31)18-33-26/h17-18,20-24H,5-15H2,1-4H3,(H,35,36)/t20?,21?,22-,23?,24?,28?,29?,30?/m1/s1. The minimum Gasteiger partial charge on any atom is -0.481 e. The molecule has 6 heteroatoms. The van der Waals surface area contributed by atoms with E-state index in [0.29, 0.717) is 40.6 Å². The number of carboxylic acids is 1. The van der Waals surface area contributed by atoms with Gasteiger partial charge in [-0.05, 0) is 112 Å². The second kappa shape index (κ2) is 7.92. The number of aliphatic carboxylic acids is 1. The summed E-state index contributed by atoms with van der Waals surface area (Å²) >= 11 is 0. The topological polar surface area (TPSA) is 90.1 Å². The third kappa shape index (κ3) is 3.04. The Morgan fingerprint density at radius 2 is 1.69 bits per heavy atom. The summed E-state index contributed by atoms with van der Waals surface area (Å²) in [6, 6.07) is 2.13. The molecule has 8 atom stereocenters. The van der Waals surface area contributed by atoms with E-state index < -0.39 is 11.4 Å². The zero-order valence-electron chi connectivity index (χ0n) is 22.5. The summed E-state index contributed by atoms with van der Waals surface area (Å²) in [5, 5.41) is 19.4. The Kier molecular flexibility index (Phi) is 5.32. The molecule has 1 aromatic rings. The highest BCUT2D eigenvalue weighted by Gasteiger charge is 2.67. The Balaban J connectivity index is 1.29. The van der Waals surface area contributed by atoms with E-state index in [9.17, 15) is 9.90 Å². The molecule has 2 heterocycles. The monoisotopic (exact) mass is 490 g/mol. The number of hydrogen-bond donors (Lipinski definition) is 1. The fourth-order valence-electron chi connectivity index (χ4n) is 11.2. The van der Waals surface area contributed by atoms with Crippen molar-refractivity contribution in [1.82, 2.24) is 9.97 Å². The second-order valence-corrected chi connectivity index (χ2v) is 13.9. The van der Waals surface area contributed by atoms with Crippen LogP contribution in [0.3, 0.4) is 0 Å². The molecule has 7 unspecified atom stereocenters. The zero-order chi connectivity index (χ0) is 25.5. The molecule has 0 aromatic carbocycles. The van der Waals surface area contributed by atoms with Crippen molar-refractivity contribution < 1.29 is 9.90 Å². The first-order valence-corrected chi connectivity index (χ1v) is 14.3. The number of nitrogens with zero attached hydrogens (tertiary/aromatic N) is 4. The van der Waals surface area contributed by atoms with Gasteiger partial charge in [-0.1, -0.05) is 20.3 Å². The Hall–Kier alpha value is -2.16. The van der Waals surface area contributed by atoms with Gasteiger partial charge in [-0.15, -0.1) is 0 Å². The van der Waals surface area contributed by atoms with E-state index in [0.717, 1.165) is 51.0 Å². The van der Waals surface area contributed by atoms with E-state index in [2.05, 4.69) is 48.6 Å². The lowest BCUT2D eigenvalue weighted by Crippen LogP contribution is -2.68. The quantitative estimate of drug-likeness (QED) is 0.541. The fraction of sp³-hybridized carbons (Fsp3) is 0.800.